The third kappa shape index (κ3) is 4.67. The number of nitrogens with one attached hydrogen (secondary N) is 1. The number of ether oxygens (including phenoxy) is 1. The van der Waals surface area contributed by atoms with Crippen molar-refractivity contribution in [2.24, 2.45) is 0 Å². The zero-order valence-electron chi connectivity index (χ0n) is 13.0. The van der Waals surface area contributed by atoms with E-state index in [0.29, 0.717) is 5.56 Å². The van der Waals surface area contributed by atoms with E-state index in [4.69, 9.17) is 9.15 Å². The molecular weight excluding hydrogens is 318 g/mol. The van der Waals surface area contributed by atoms with E-state index in [1.54, 1.807) is 25.1 Å². The number of aryl methyl sites for hydroxylation is 1. The molecule has 1 unspecified atom stereocenters. The third-order valence-corrected chi connectivity index (χ3v) is 4.71. The highest BCUT2D eigenvalue weighted by atomic mass is 32.2. The van der Waals surface area contributed by atoms with Crippen LogP contribution in [0.2, 0.25) is 0 Å². The topological polar surface area (TPSA) is 85.6 Å². The molecule has 23 heavy (non-hydrogen) atoms. The molecule has 0 radical (unpaired) electrons. The summed E-state index contributed by atoms with van der Waals surface area (Å²) in [5.41, 5.74) is 1.65. The minimum Gasteiger partial charge on any atom is -0.472 e. The fourth-order valence-electron chi connectivity index (χ4n) is 2.03. The van der Waals surface area contributed by atoms with Gasteiger partial charge in [0.25, 0.3) is 0 Å². The normalized spacial score (nSPS) is 12.8. The largest absolute Gasteiger partial charge is 0.472 e. The SMILES string of the molecule is CCOC(=O)C(Cc1ccoc1)NS(=O)(=O)c1ccc(C)cc1. The summed E-state index contributed by atoms with van der Waals surface area (Å²) in [5, 5.41) is 0. The van der Waals surface area contributed by atoms with E-state index in [9.17, 15) is 13.2 Å². The van der Waals surface area contributed by atoms with Crippen molar-refractivity contribution in [2.75, 3.05) is 6.61 Å². The zero-order valence-corrected chi connectivity index (χ0v) is 13.8. The Morgan fingerprint density at radius 1 is 1.26 bits per heavy atom. The van der Waals surface area contributed by atoms with Gasteiger partial charge in [-0.1, -0.05) is 17.7 Å². The first-order valence-corrected chi connectivity index (χ1v) is 8.67. The van der Waals surface area contributed by atoms with Gasteiger partial charge in [0.15, 0.2) is 0 Å². The summed E-state index contributed by atoms with van der Waals surface area (Å²) in [4.78, 5) is 12.2. The number of benzene rings is 1. The molecule has 0 fully saturated rings. The van der Waals surface area contributed by atoms with E-state index >= 15 is 0 Å². The Balaban J connectivity index is 2.21. The Bertz CT molecular complexity index is 735. The quantitative estimate of drug-likeness (QED) is 0.782. The van der Waals surface area contributed by atoms with E-state index in [0.717, 1.165) is 5.56 Å². The predicted octanol–water partition coefficient (Wildman–Crippen LogP) is 2.04. The Labute approximate surface area is 135 Å². The number of esters is 1. The fraction of sp³-hybridized carbons (Fsp3) is 0.312. The molecule has 1 N–H and O–H groups in total. The number of hydrogen-bond donors (Lipinski definition) is 1. The summed E-state index contributed by atoms with van der Waals surface area (Å²) in [5.74, 6) is -0.621. The lowest BCUT2D eigenvalue weighted by molar-refractivity contribution is -0.145. The van der Waals surface area contributed by atoms with Crippen LogP contribution >= 0.6 is 0 Å². The van der Waals surface area contributed by atoms with E-state index in [2.05, 4.69) is 4.72 Å². The molecule has 0 aliphatic rings. The summed E-state index contributed by atoms with van der Waals surface area (Å²) in [6.45, 7) is 3.71. The first-order valence-electron chi connectivity index (χ1n) is 7.19. The second-order valence-corrected chi connectivity index (χ2v) is 6.79. The molecule has 0 spiro atoms. The molecule has 2 rings (SSSR count). The number of hydrogen-bond acceptors (Lipinski definition) is 5. The van der Waals surface area contributed by atoms with Crippen LogP contribution < -0.4 is 4.72 Å². The van der Waals surface area contributed by atoms with E-state index in [1.165, 1.54) is 24.7 Å². The van der Waals surface area contributed by atoms with Gasteiger partial charge in [0, 0.05) is 6.42 Å². The highest BCUT2D eigenvalue weighted by molar-refractivity contribution is 7.89. The molecule has 7 heteroatoms. The van der Waals surface area contributed by atoms with Gasteiger partial charge in [0.05, 0.1) is 24.0 Å². The van der Waals surface area contributed by atoms with Crippen molar-refractivity contribution in [3.05, 3.63) is 54.0 Å². The van der Waals surface area contributed by atoms with Gasteiger partial charge in [-0.2, -0.15) is 4.72 Å². The number of carbonyl (C=O) groups excluding carboxylic acids is 1. The highest BCUT2D eigenvalue weighted by Crippen LogP contribution is 2.13. The van der Waals surface area contributed by atoms with Crippen molar-refractivity contribution in [1.29, 1.82) is 0 Å². The number of sulfonamides is 1. The van der Waals surface area contributed by atoms with Crippen LogP contribution in [-0.2, 0) is 26.0 Å². The third-order valence-electron chi connectivity index (χ3n) is 3.22. The Morgan fingerprint density at radius 3 is 2.52 bits per heavy atom. The minimum absolute atomic E-state index is 0.101. The molecule has 0 saturated heterocycles. The fourth-order valence-corrected chi connectivity index (χ4v) is 3.22. The zero-order chi connectivity index (χ0) is 16.9. The Hall–Kier alpha value is -2.12. The molecule has 1 heterocycles. The molecule has 0 saturated carbocycles. The Kier molecular flexibility index (Phi) is 5.57. The Morgan fingerprint density at radius 2 is 1.96 bits per heavy atom. The van der Waals surface area contributed by atoms with Crippen molar-refractivity contribution in [3.63, 3.8) is 0 Å². The van der Waals surface area contributed by atoms with Crippen LogP contribution in [0.15, 0.2) is 52.2 Å². The van der Waals surface area contributed by atoms with Gasteiger partial charge in [0.1, 0.15) is 6.04 Å². The average Bonchev–Trinajstić information content (AvgIpc) is 3.00. The number of furan rings is 1. The van der Waals surface area contributed by atoms with Gasteiger partial charge in [-0.3, -0.25) is 4.79 Å². The smallest absolute Gasteiger partial charge is 0.324 e. The van der Waals surface area contributed by atoms with Crippen LogP contribution in [0.3, 0.4) is 0 Å². The van der Waals surface area contributed by atoms with Crippen LogP contribution in [0.5, 0.6) is 0 Å². The van der Waals surface area contributed by atoms with Crippen molar-refractivity contribution in [2.45, 2.75) is 31.2 Å². The molecule has 1 aromatic carbocycles. The summed E-state index contributed by atoms with van der Waals surface area (Å²) >= 11 is 0. The maximum Gasteiger partial charge on any atom is 0.324 e. The molecule has 2 aromatic rings. The first kappa shape index (κ1) is 17.2. The van der Waals surface area contributed by atoms with Crippen molar-refractivity contribution in [1.82, 2.24) is 4.72 Å². The van der Waals surface area contributed by atoms with Gasteiger partial charge < -0.3 is 9.15 Å². The lowest BCUT2D eigenvalue weighted by Crippen LogP contribution is -2.43. The van der Waals surface area contributed by atoms with E-state index in [1.807, 2.05) is 6.92 Å². The van der Waals surface area contributed by atoms with E-state index in [-0.39, 0.29) is 17.9 Å². The monoisotopic (exact) mass is 337 g/mol. The maximum absolute atomic E-state index is 12.4. The minimum atomic E-state index is -3.82. The van der Waals surface area contributed by atoms with Crippen LogP contribution in [0.25, 0.3) is 0 Å². The van der Waals surface area contributed by atoms with Crippen LogP contribution in [0.4, 0.5) is 0 Å². The molecule has 0 aliphatic heterocycles. The lowest BCUT2D eigenvalue weighted by Gasteiger charge is -2.17. The standard InChI is InChI=1S/C16H19NO5S/c1-3-22-16(18)15(10-13-8-9-21-11-13)17-23(19,20)14-6-4-12(2)5-7-14/h4-9,11,15,17H,3,10H2,1-2H3. The van der Waals surface area contributed by atoms with Gasteiger partial charge in [0.2, 0.25) is 10.0 Å². The molecule has 0 amide bonds. The molecule has 1 aromatic heterocycles. The summed E-state index contributed by atoms with van der Waals surface area (Å²) in [6.07, 6.45) is 3.08. The number of rotatable bonds is 7. The summed E-state index contributed by atoms with van der Waals surface area (Å²) < 4.78 is 37.2. The van der Waals surface area contributed by atoms with Crippen molar-refractivity contribution < 1.29 is 22.4 Å². The highest BCUT2D eigenvalue weighted by Gasteiger charge is 2.27. The molecule has 6 nitrogen and oxygen atoms in total. The molecule has 0 aliphatic carbocycles. The van der Waals surface area contributed by atoms with Gasteiger partial charge in [-0.25, -0.2) is 8.42 Å². The van der Waals surface area contributed by atoms with Crippen LogP contribution in [-0.4, -0.2) is 27.0 Å². The van der Waals surface area contributed by atoms with Crippen LogP contribution in [0, 0.1) is 6.92 Å². The predicted molar refractivity (Wildman–Crippen MR) is 84.3 cm³/mol. The van der Waals surface area contributed by atoms with E-state index < -0.39 is 22.0 Å². The second-order valence-electron chi connectivity index (χ2n) is 5.07. The summed E-state index contributed by atoms with van der Waals surface area (Å²) in [7, 11) is -3.82. The average molecular weight is 337 g/mol. The number of carbonyl (C=O) groups is 1. The van der Waals surface area contributed by atoms with Crippen molar-refractivity contribution in [3.8, 4) is 0 Å². The molecule has 124 valence electrons. The first-order chi connectivity index (χ1) is 10.9. The lowest BCUT2D eigenvalue weighted by atomic mass is 10.1. The van der Waals surface area contributed by atoms with Crippen LogP contribution in [0.1, 0.15) is 18.1 Å². The van der Waals surface area contributed by atoms with Crippen molar-refractivity contribution >= 4 is 16.0 Å². The molecular formula is C16H19NO5S. The molecule has 0 bridgehead atoms. The van der Waals surface area contributed by atoms with Gasteiger partial charge >= 0.3 is 5.97 Å². The molecule has 1 atom stereocenters. The second kappa shape index (κ2) is 7.43. The maximum atomic E-state index is 12.4. The van der Waals surface area contributed by atoms with Gasteiger partial charge in [-0.15, -0.1) is 0 Å². The van der Waals surface area contributed by atoms with Gasteiger partial charge in [-0.05, 0) is 37.6 Å². The summed E-state index contributed by atoms with van der Waals surface area (Å²) in [6, 6.07) is 7.05.